The zero-order chi connectivity index (χ0) is 16.5. The number of amides is 2. The third-order valence-electron chi connectivity index (χ3n) is 4.25. The molecule has 1 heterocycles. The SMILES string of the molecule is CCC1CCCCN1C(=O)CN(CCOC)CC(=O)N(C)C. The Morgan fingerprint density at radius 2 is 1.95 bits per heavy atom. The first-order chi connectivity index (χ1) is 10.5. The van der Waals surface area contributed by atoms with Crippen LogP contribution in [-0.4, -0.2) is 86.5 Å². The molecule has 1 fully saturated rings. The van der Waals surface area contributed by atoms with Gasteiger partial charge in [0.05, 0.1) is 19.7 Å². The number of piperidine rings is 1. The highest BCUT2D eigenvalue weighted by molar-refractivity contribution is 5.81. The number of hydrogen-bond donors (Lipinski definition) is 0. The maximum atomic E-state index is 12.6. The molecule has 0 aliphatic carbocycles. The minimum Gasteiger partial charge on any atom is -0.383 e. The van der Waals surface area contributed by atoms with Gasteiger partial charge >= 0.3 is 0 Å². The van der Waals surface area contributed by atoms with E-state index in [1.807, 2.05) is 9.80 Å². The second-order valence-electron chi connectivity index (χ2n) is 6.14. The number of likely N-dealkylation sites (tertiary alicyclic amines) is 1. The summed E-state index contributed by atoms with van der Waals surface area (Å²) in [4.78, 5) is 30.0. The van der Waals surface area contributed by atoms with E-state index in [1.165, 1.54) is 6.42 Å². The van der Waals surface area contributed by atoms with Crippen LogP contribution < -0.4 is 0 Å². The molecule has 0 saturated carbocycles. The van der Waals surface area contributed by atoms with E-state index in [9.17, 15) is 9.59 Å². The topological polar surface area (TPSA) is 53.1 Å². The van der Waals surface area contributed by atoms with Crippen molar-refractivity contribution >= 4 is 11.8 Å². The molecule has 1 unspecified atom stereocenters. The number of carbonyl (C=O) groups excluding carboxylic acids is 2. The molecule has 1 saturated heterocycles. The first-order valence-corrected chi connectivity index (χ1v) is 8.20. The van der Waals surface area contributed by atoms with E-state index in [0.717, 1.165) is 25.8 Å². The van der Waals surface area contributed by atoms with Crippen LogP contribution >= 0.6 is 0 Å². The number of ether oxygens (including phenoxy) is 1. The van der Waals surface area contributed by atoms with Gasteiger partial charge in [-0.05, 0) is 25.7 Å². The van der Waals surface area contributed by atoms with E-state index in [2.05, 4.69) is 6.92 Å². The number of likely N-dealkylation sites (N-methyl/N-ethyl adjacent to an activating group) is 1. The van der Waals surface area contributed by atoms with E-state index in [4.69, 9.17) is 4.74 Å². The number of rotatable bonds is 8. The molecule has 128 valence electrons. The first kappa shape index (κ1) is 18.9. The fourth-order valence-electron chi connectivity index (χ4n) is 2.80. The largest absolute Gasteiger partial charge is 0.383 e. The van der Waals surface area contributed by atoms with Gasteiger partial charge in [0.2, 0.25) is 11.8 Å². The Morgan fingerprint density at radius 1 is 1.23 bits per heavy atom. The summed E-state index contributed by atoms with van der Waals surface area (Å²) >= 11 is 0. The molecule has 6 heteroatoms. The van der Waals surface area contributed by atoms with Gasteiger partial charge < -0.3 is 14.5 Å². The molecule has 0 spiro atoms. The van der Waals surface area contributed by atoms with Crippen LogP contribution in [0.2, 0.25) is 0 Å². The quantitative estimate of drug-likeness (QED) is 0.665. The Labute approximate surface area is 134 Å². The Morgan fingerprint density at radius 3 is 2.55 bits per heavy atom. The highest BCUT2D eigenvalue weighted by Gasteiger charge is 2.27. The number of methoxy groups -OCH3 is 1. The molecule has 1 aliphatic heterocycles. The number of hydrogen-bond acceptors (Lipinski definition) is 4. The van der Waals surface area contributed by atoms with Crippen molar-refractivity contribution in [3.8, 4) is 0 Å². The predicted octanol–water partition coefficient (Wildman–Crippen LogP) is 0.814. The van der Waals surface area contributed by atoms with E-state index >= 15 is 0 Å². The van der Waals surface area contributed by atoms with Crippen molar-refractivity contribution in [1.29, 1.82) is 0 Å². The lowest BCUT2D eigenvalue weighted by atomic mass is 10.00. The van der Waals surface area contributed by atoms with Gasteiger partial charge in [-0.15, -0.1) is 0 Å². The van der Waals surface area contributed by atoms with E-state index < -0.39 is 0 Å². The van der Waals surface area contributed by atoms with Crippen LogP contribution in [0.15, 0.2) is 0 Å². The van der Waals surface area contributed by atoms with Crippen molar-refractivity contribution in [3.63, 3.8) is 0 Å². The van der Waals surface area contributed by atoms with Crippen LogP contribution in [0.1, 0.15) is 32.6 Å². The lowest BCUT2D eigenvalue weighted by Gasteiger charge is -2.36. The van der Waals surface area contributed by atoms with Crippen LogP contribution in [0.25, 0.3) is 0 Å². The van der Waals surface area contributed by atoms with Crippen LogP contribution in [0, 0.1) is 0 Å². The zero-order valence-electron chi connectivity index (χ0n) is 14.5. The lowest BCUT2D eigenvalue weighted by Crippen LogP contribution is -2.49. The maximum Gasteiger partial charge on any atom is 0.237 e. The molecule has 6 nitrogen and oxygen atoms in total. The Kier molecular flexibility index (Phi) is 8.42. The van der Waals surface area contributed by atoms with E-state index in [-0.39, 0.29) is 18.4 Å². The van der Waals surface area contributed by atoms with E-state index in [1.54, 1.807) is 26.1 Å². The van der Waals surface area contributed by atoms with Crippen molar-refractivity contribution in [3.05, 3.63) is 0 Å². The summed E-state index contributed by atoms with van der Waals surface area (Å²) in [5, 5.41) is 0. The molecule has 0 radical (unpaired) electrons. The predicted molar refractivity (Wildman–Crippen MR) is 86.7 cm³/mol. The Balaban J connectivity index is 2.62. The Hall–Kier alpha value is -1.14. The molecule has 0 aromatic carbocycles. The smallest absolute Gasteiger partial charge is 0.237 e. The monoisotopic (exact) mass is 313 g/mol. The van der Waals surface area contributed by atoms with Crippen LogP contribution in [-0.2, 0) is 14.3 Å². The fraction of sp³-hybridized carbons (Fsp3) is 0.875. The zero-order valence-corrected chi connectivity index (χ0v) is 14.5. The molecular weight excluding hydrogens is 282 g/mol. The second-order valence-corrected chi connectivity index (χ2v) is 6.14. The molecule has 0 aromatic heterocycles. The molecule has 1 atom stereocenters. The lowest BCUT2D eigenvalue weighted by molar-refractivity contribution is -0.137. The summed E-state index contributed by atoms with van der Waals surface area (Å²) < 4.78 is 5.09. The second kappa shape index (κ2) is 9.79. The average molecular weight is 313 g/mol. The molecule has 0 bridgehead atoms. The molecule has 1 rings (SSSR count). The van der Waals surface area contributed by atoms with Crippen molar-refractivity contribution in [1.82, 2.24) is 14.7 Å². The van der Waals surface area contributed by atoms with Gasteiger partial charge in [0, 0.05) is 40.3 Å². The van der Waals surface area contributed by atoms with E-state index in [0.29, 0.717) is 25.7 Å². The molecule has 2 amide bonds. The normalized spacial score (nSPS) is 18.6. The maximum absolute atomic E-state index is 12.6. The molecule has 22 heavy (non-hydrogen) atoms. The summed E-state index contributed by atoms with van der Waals surface area (Å²) in [6.07, 6.45) is 4.38. The van der Waals surface area contributed by atoms with Crippen molar-refractivity contribution < 1.29 is 14.3 Å². The van der Waals surface area contributed by atoms with Crippen molar-refractivity contribution in [2.24, 2.45) is 0 Å². The fourth-order valence-corrected chi connectivity index (χ4v) is 2.80. The van der Waals surface area contributed by atoms with Crippen LogP contribution in [0.5, 0.6) is 0 Å². The first-order valence-electron chi connectivity index (χ1n) is 8.20. The van der Waals surface area contributed by atoms with Gasteiger partial charge in [0.15, 0.2) is 0 Å². The van der Waals surface area contributed by atoms with Gasteiger partial charge in [-0.3, -0.25) is 14.5 Å². The van der Waals surface area contributed by atoms with Crippen LogP contribution in [0.3, 0.4) is 0 Å². The minimum absolute atomic E-state index is 0.00888. The summed E-state index contributed by atoms with van der Waals surface area (Å²) in [5.41, 5.74) is 0. The number of carbonyl (C=O) groups is 2. The average Bonchev–Trinajstić information content (AvgIpc) is 2.52. The molecule has 0 N–H and O–H groups in total. The van der Waals surface area contributed by atoms with Gasteiger partial charge in [-0.25, -0.2) is 0 Å². The third kappa shape index (κ3) is 5.93. The highest BCUT2D eigenvalue weighted by Crippen LogP contribution is 2.19. The molecular formula is C16H31N3O3. The number of nitrogens with zero attached hydrogens (tertiary/aromatic N) is 3. The van der Waals surface area contributed by atoms with Gasteiger partial charge in [0.1, 0.15) is 0 Å². The van der Waals surface area contributed by atoms with Gasteiger partial charge in [0.25, 0.3) is 0 Å². The Bertz CT molecular complexity index is 361. The summed E-state index contributed by atoms with van der Waals surface area (Å²) in [6.45, 7) is 4.63. The molecule has 1 aliphatic rings. The van der Waals surface area contributed by atoms with Crippen molar-refractivity contribution in [2.45, 2.75) is 38.6 Å². The van der Waals surface area contributed by atoms with Crippen LogP contribution in [0.4, 0.5) is 0 Å². The highest BCUT2D eigenvalue weighted by atomic mass is 16.5. The minimum atomic E-state index is 0.00888. The summed E-state index contributed by atoms with van der Waals surface area (Å²) in [7, 11) is 5.10. The van der Waals surface area contributed by atoms with Gasteiger partial charge in [-0.2, -0.15) is 0 Å². The standard InChI is InChI=1S/C16H31N3O3/c1-5-14-8-6-7-9-19(14)16(21)13-18(10-11-22-4)12-15(20)17(2)3/h14H,5-13H2,1-4H3. The van der Waals surface area contributed by atoms with Gasteiger partial charge in [-0.1, -0.05) is 6.92 Å². The summed E-state index contributed by atoms with van der Waals surface area (Å²) in [6, 6.07) is 0.357. The molecule has 0 aromatic rings. The summed E-state index contributed by atoms with van der Waals surface area (Å²) in [5.74, 6) is 0.142. The van der Waals surface area contributed by atoms with Crippen molar-refractivity contribution in [2.75, 3.05) is 54.0 Å². The third-order valence-corrected chi connectivity index (χ3v) is 4.25.